The molecule has 0 bridgehead atoms. The minimum Gasteiger partial charge on any atom is -0.465 e. The van der Waals surface area contributed by atoms with Crippen LogP contribution in [-0.2, 0) is 14.3 Å². The summed E-state index contributed by atoms with van der Waals surface area (Å²) in [5, 5.41) is 5.47. The van der Waals surface area contributed by atoms with Crippen molar-refractivity contribution in [3.63, 3.8) is 0 Å². The Balaban J connectivity index is 1.75. The first-order chi connectivity index (χ1) is 12.5. The minimum absolute atomic E-state index is 0.129. The highest BCUT2D eigenvalue weighted by atomic mass is 32.2. The monoisotopic (exact) mass is 372 g/mol. The Labute approximate surface area is 156 Å². The number of nitrogens with one attached hydrogen (secondary N) is 2. The highest BCUT2D eigenvalue weighted by Crippen LogP contribution is 2.13. The van der Waals surface area contributed by atoms with Crippen LogP contribution in [-0.4, -0.2) is 36.4 Å². The summed E-state index contributed by atoms with van der Waals surface area (Å²) in [5.41, 5.74) is 2.70. The number of aryl methyl sites for hydroxylation is 1. The third kappa shape index (κ3) is 6.25. The lowest BCUT2D eigenvalue weighted by atomic mass is 10.2. The van der Waals surface area contributed by atoms with E-state index >= 15 is 0 Å². The summed E-state index contributed by atoms with van der Waals surface area (Å²) in [5.74, 6) is -0.587. The van der Waals surface area contributed by atoms with Crippen LogP contribution >= 0.6 is 11.8 Å². The first-order valence-corrected chi connectivity index (χ1v) is 9.06. The summed E-state index contributed by atoms with van der Waals surface area (Å²) < 4.78 is 4.64. The highest BCUT2D eigenvalue weighted by Gasteiger charge is 2.09. The summed E-state index contributed by atoms with van der Waals surface area (Å²) in [4.78, 5) is 35.3. The molecule has 0 unspecified atom stereocenters. The largest absolute Gasteiger partial charge is 0.465 e. The van der Waals surface area contributed by atoms with Crippen molar-refractivity contribution in [3.8, 4) is 0 Å². The van der Waals surface area contributed by atoms with Gasteiger partial charge in [0.2, 0.25) is 11.8 Å². The molecule has 26 heavy (non-hydrogen) atoms. The molecule has 136 valence electrons. The zero-order valence-corrected chi connectivity index (χ0v) is 15.4. The van der Waals surface area contributed by atoms with Crippen LogP contribution in [0.2, 0.25) is 0 Å². The van der Waals surface area contributed by atoms with E-state index in [2.05, 4.69) is 15.4 Å². The van der Waals surface area contributed by atoms with Crippen molar-refractivity contribution >= 4 is 40.9 Å². The number of hydrogen-bond acceptors (Lipinski definition) is 5. The maximum absolute atomic E-state index is 12.0. The average molecular weight is 372 g/mol. The molecule has 0 spiro atoms. The predicted octanol–water partition coefficient (Wildman–Crippen LogP) is 3.09. The Morgan fingerprint density at radius 3 is 2.15 bits per heavy atom. The third-order valence-electron chi connectivity index (χ3n) is 3.37. The Hall–Kier alpha value is -2.80. The van der Waals surface area contributed by atoms with Crippen LogP contribution in [0, 0.1) is 6.92 Å². The number of hydrogen-bond donors (Lipinski definition) is 2. The molecule has 7 heteroatoms. The molecule has 6 nitrogen and oxygen atoms in total. The Morgan fingerprint density at radius 1 is 0.923 bits per heavy atom. The molecule has 0 aliphatic heterocycles. The molecule has 0 aliphatic rings. The van der Waals surface area contributed by atoms with E-state index in [4.69, 9.17) is 0 Å². The van der Waals surface area contributed by atoms with E-state index in [-0.39, 0.29) is 23.3 Å². The van der Waals surface area contributed by atoms with E-state index in [0.29, 0.717) is 11.3 Å². The van der Waals surface area contributed by atoms with E-state index in [1.54, 1.807) is 24.3 Å². The fourth-order valence-corrected chi connectivity index (χ4v) is 2.73. The number of rotatable bonds is 7. The number of amides is 2. The van der Waals surface area contributed by atoms with Crippen LogP contribution in [0.3, 0.4) is 0 Å². The van der Waals surface area contributed by atoms with E-state index in [1.807, 2.05) is 31.2 Å². The number of carbonyl (C=O) groups excluding carboxylic acids is 3. The maximum atomic E-state index is 12.0. The molecule has 0 fully saturated rings. The molecule has 2 aromatic carbocycles. The van der Waals surface area contributed by atoms with Gasteiger partial charge in [-0.15, -0.1) is 11.8 Å². The van der Waals surface area contributed by atoms with Gasteiger partial charge in [0.05, 0.1) is 24.2 Å². The zero-order valence-electron chi connectivity index (χ0n) is 14.6. The molecular weight excluding hydrogens is 352 g/mol. The second-order valence-electron chi connectivity index (χ2n) is 5.53. The smallest absolute Gasteiger partial charge is 0.337 e. The lowest BCUT2D eigenvalue weighted by Crippen LogP contribution is -2.18. The van der Waals surface area contributed by atoms with Gasteiger partial charge in [0.1, 0.15) is 0 Å². The molecule has 0 saturated carbocycles. The van der Waals surface area contributed by atoms with E-state index in [1.165, 1.54) is 18.9 Å². The van der Waals surface area contributed by atoms with Crippen molar-refractivity contribution in [2.24, 2.45) is 0 Å². The molecule has 0 aliphatic carbocycles. The lowest BCUT2D eigenvalue weighted by molar-refractivity contribution is -0.114. The molecule has 0 saturated heterocycles. The molecule has 2 N–H and O–H groups in total. The van der Waals surface area contributed by atoms with Gasteiger partial charge in [-0.3, -0.25) is 9.59 Å². The summed E-state index contributed by atoms with van der Waals surface area (Å²) in [6, 6.07) is 14.0. The first-order valence-electron chi connectivity index (χ1n) is 7.90. The quantitative estimate of drug-likeness (QED) is 0.730. The SMILES string of the molecule is COC(=O)c1cccc(NC(=O)CSCC(=O)Nc2ccc(C)cc2)c1. The number of carbonyl (C=O) groups is 3. The second-order valence-corrected chi connectivity index (χ2v) is 6.51. The van der Waals surface area contributed by atoms with Crippen molar-refractivity contribution in [1.29, 1.82) is 0 Å². The van der Waals surface area contributed by atoms with Gasteiger partial charge >= 0.3 is 5.97 Å². The minimum atomic E-state index is -0.469. The van der Waals surface area contributed by atoms with Crippen molar-refractivity contribution in [3.05, 3.63) is 59.7 Å². The van der Waals surface area contributed by atoms with Crippen molar-refractivity contribution < 1.29 is 19.1 Å². The Morgan fingerprint density at radius 2 is 1.54 bits per heavy atom. The van der Waals surface area contributed by atoms with Gasteiger partial charge < -0.3 is 15.4 Å². The Bertz CT molecular complexity index is 790. The first kappa shape index (κ1) is 19.5. The molecule has 0 atom stereocenters. The predicted molar refractivity (Wildman–Crippen MR) is 104 cm³/mol. The van der Waals surface area contributed by atoms with Crippen molar-refractivity contribution in [1.82, 2.24) is 0 Å². The van der Waals surface area contributed by atoms with Gasteiger partial charge in [0, 0.05) is 11.4 Å². The van der Waals surface area contributed by atoms with Crippen LogP contribution in [0.1, 0.15) is 15.9 Å². The number of esters is 1. The lowest BCUT2D eigenvalue weighted by Gasteiger charge is -2.07. The topological polar surface area (TPSA) is 84.5 Å². The highest BCUT2D eigenvalue weighted by molar-refractivity contribution is 8.00. The van der Waals surface area contributed by atoms with Crippen LogP contribution in [0.15, 0.2) is 48.5 Å². The van der Waals surface area contributed by atoms with Gasteiger partial charge in [0.15, 0.2) is 0 Å². The van der Waals surface area contributed by atoms with E-state index in [0.717, 1.165) is 11.3 Å². The molecular formula is C19H20N2O4S. The fraction of sp³-hybridized carbons (Fsp3) is 0.211. The average Bonchev–Trinajstić information content (AvgIpc) is 2.63. The summed E-state index contributed by atoms with van der Waals surface area (Å²) in [7, 11) is 1.30. The molecule has 0 aromatic heterocycles. The number of ether oxygens (including phenoxy) is 1. The molecule has 2 amide bonds. The van der Waals surface area contributed by atoms with Gasteiger partial charge in [-0.25, -0.2) is 4.79 Å². The normalized spacial score (nSPS) is 10.1. The van der Waals surface area contributed by atoms with Crippen molar-refractivity contribution in [2.75, 3.05) is 29.2 Å². The number of benzene rings is 2. The number of thioether (sulfide) groups is 1. The summed E-state index contributed by atoms with van der Waals surface area (Å²) in [6.07, 6.45) is 0. The van der Waals surface area contributed by atoms with Crippen LogP contribution in [0.25, 0.3) is 0 Å². The molecule has 0 heterocycles. The van der Waals surface area contributed by atoms with Gasteiger partial charge in [-0.1, -0.05) is 23.8 Å². The van der Waals surface area contributed by atoms with Gasteiger partial charge in [-0.05, 0) is 37.3 Å². The number of anilines is 2. The van der Waals surface area contributed by atoms with Gasteiger partial charge in [0.25, 0.3) is 0 Å². The zero-order chi connectivity index (χ0) is 18.9. The van der Waals surface area contributed by atoms with Crippen molar-refractivity contribution in [2.45, 2.75) is 6.92 Å². The molecule has 2 rings (SSSR count). The van der Waals surface area contributed by atoms with Gasteiger partial charge in [-0.2, -0.15) is 0 Å². The van der Waals surface area contributed by atoms with E-state index < -0.39 is 5.97 Å². The van der Waals surface area contributed by atoms with Crippen LogP contribution in [0.4, 0.5) is 11.4 Å². The third-order valence-corrected chi connectivity index (χ3v) is 4.30. The fourth-order valence-electron chi connectivity index (χ4n) is 2.11. The Kier molecular flexibility index (Phi) is 7.23. The summed E-state index contributed by atoms with van der Waals surface area (Å²) >= 11 is 1.21. The maximum Gasteiger partial charge on any atom is 0.337 e. The number of methoxy groups -OCH3 is 1. The molecule has 2 aromatic rings. The van der Waals surface area contributed by atoms with Crippen LogP contribution in [0.5, 0.6) is 0 Å². The summed E-state index contributed by atoms with van der Waals surface area (Å²) in [6.45, 7) is 1.97. The van der Waals surface area contributed by atoms with E-state index in [9.17, 15) is 14.4 Å². The molecule has 0 radical (unpaired) electrons. The second kappa shape index (κ2) is 9.62. The van der Waals surface area contributed by atoms with Crippen LogP contribution < -0.4 is 10.6 Å². The standard InChI is InChI=1S/C19H20N2O4S/c1-13-6-8-15(9-7-13)20-17(22)11-26-12-18(23)21-16-5-3-4-14(10-16)19(24)25-2/h3-10H,11-12H2,1-2H3,(H,20,22)(H,21,23).